The first-order chi connectivity index (χ1) is 7.13. The van der Waals surface area contributed by atoms with E-state index >= 15 is 0 Å². The molecule has 1 unspecified atom stereocenters. The maximum Gasteiger partial charge on any atom is 0.307 e. The topological polar surface area (TPSA) is 51.5 Å². The summed E-state index contributed by atoms with van der Waals surface area (Å²) in [5, 5.41) is 3.25. The highest BCUT2D eigenvalue weighted by atomic mass is 16.5. The molecular formula is C11H17NO3. The van der Waals surface area contributed by atoms with Crippen molar-refractivity contribution >= 4 is 5.97 Å². The van der Waals surface area contributed by atoms with Crippen molar-refractivity contribution in [2.45, 2.75) is 32.4 Å². The fourth-order valence-corrected chi connectivity index (χ4v) is 1.44. The third-order valence-electron chi connectivity index (χ3n) is 2.21. The van der Waals surface area contributed by atoms with E-state index in [0.29, 0.717) is 6.42 Å². The highest BCUT2D eigenvalue weighted by Crippen LogP contribution is 2.13. The molecule has 1 N–H and O–H groups in total. The summed E-state index contributed by atoms with van der Waals surface area (Å²) in [6.07, 6.45) is 2.00. The molecule has 84 valence electrons. The molecule has 4 heteroatoms. The lowest BCUT2D eigenvalue weighted by molar-refractivity contribution is -0.141. The monoisotopic (exact) mass is 211 g/mol. The zero-order valence-electron chi connectivity index (χ0n) is 9.32. The van der Waals surface area contributed by atoms with Gasteiger partial charge in [0.15, 0.2) is 0 Å². The lowest BCUT2D eigenvalue weighted by Gasteiger charge is -2.17. The van der Waals surface area contributed by atoms with E-state index in [1.54, 1.807) is 6.26 Å². The quantitative estimate of drug-likeness (QED) is 0.755. The summed E-state index contributed by atoms with van der Waals surface area (Å²) in [5.74, 6) is 0.661. The Balaban J connectivity index is 2.38. The summed E-state index contributed by atoms with van der Waals surface area (Å²) in [5.41, 5.74) is 0. The summed E-state index contributed by atoms with van der Waals surface area (Å²) in [7, 11) is 1.39. The molecule has 0 radical (unpaired) electrons. The SMILES string of the molecule is COC(=O)CC(C)N[C@@H](C)c1ccco1. The van der Waals surface area contributed by atoms with Gasteiger partial charge in [0.25, 0.3) is 0 Å². The molecule has 1 heterocycles. The summed E-state index contributed by atoms with van der Waals surface area (Å²) >= 11 is 0. The predicted molar refractivity (Wildman–Crippen MR) is 56.4 cm³/mol. The molecule has 0 aromatic carbocycles. The van der Waals surface area contributed by atoms with Crippen molar-refractivity contribution in [2.75, 3.05) is 7.11 Å². The van der Waals surface area contributed by atoms with Gasteiger partial charge in [-0.1, -0.05) is 0 Å². The van der Waals surface area contributed by atoms with Gasteiger partial charge in [-0.05, 0) is 26.0 Å². The Labute approximate surface area is 89.6 Å². The minimum atomic E-state index is -0.207. The molecule has 0 amide bonds. The van der Waals surface area contributed by atoms with Gasteiger partial charge in [0, 0.05) is 6.04 Å². The zero-order chi connectivity index (χ0) is 11.3. The fourth-order valence-electron chi connectivity index (χ4n) is 1.44. The summed E-state index contributed by atoms with van der Waals surface area (Å²) in [4.78, 5) is 11.0. The van der Waals surface area contributed by atoms with E-state index in [2.05, 4.69) is 10.1 Å². The molecule has 1 aromatic heterocycles. The van der Waals surface area contributed by atoms with Crippen LogP contribution < -0.4 is 5.32 Å². The second-order valence-corrected chi connectivity index (χ2v) is 3.59. The van der Waals surface area contributed by atoms with E-state index in [1.807, 2.05) is 26.0 Å². The van der Waals surface area contributed by atoms with Gasteiger partial charge >= 0.3 is 5.97 Å². The lowest BCUT2D eigenvalue weighted by atomic mass is 10.2. The average Bonchev–Trinajstić information content (AvgIpc) is 2.70. The molecule has 4 nitrogen and oxygen atoms in total. The summed E-state index contributed by atoms with van der Waals surface area (Å²) < 4.78 is 9.84. The van der Waals surface area contributed by atoms with E-state index in [-0.39, 0.29) is 18.1 Å². The molecule has 0 aliphatic heterocycles. The smallest absolute Gasteiger partial charge is 0.307 e. The molecule has 0 saturated heterocycles. The van der Waals surface area contributed by atoms with Crippen LogP contribution in [-0.4, -0.2) is 19.1 Å². The highest BCUT2D eigenvalue weighted by molar-refractivity contribution is 5.69. The molecule has 0 spiro atoms. The van der Waals surface area contributed by atoms with Gasteiger partial charge in [-0.2, -0.15) is 0 Å². The van der Waals surface area contributed by atoms with Crippen molar-refractivity contribution in [3.05, 3.63) is 24.2 Å². The fraction of sp³-hybridized carbons (Fsp3) is 0.545. The Bertz CT molecular complexity index is 295. The van der Waals surface area contributed by atoms with Gasteiger partial charge < -0.3 is 14.5 Å². The number of hydrogen-bond donors (Lipinski definition) is 1. The highest BCUT2D eigenvalue weighted by Gasteiger charge is 2.14. The van der Waals surface area contributed by atoms with Crippen LogP contribution in [0, 0.1) is 0 Å². The van der Waals surface area contributed by atoms with Crippen molar-refractivity contribution in [3.63, 3.8) is 0 Å². The van der Waals surface area contributed by atoms with Gasteiger partial charge in [0.1, 0.15) is 5.76 Å². The lowest BCUT2D eigenvalue weighted by Crippen LogP contribution is -2.31. The number of rotatable bonds is 5. The molecule has 0 fully saturated rings. The van der Waals surface area contributed by atoms with Crippen molar-refractivity contribution in [1.29, 1.82) is 0 Å². The van der Waals surface area contributed by atoms with Gasteiger partial charge in [-0.15, -0.1) is 0 Å². The average molecular weight is 211 g/mol. The second kappa shape index (κ2) is 5.56. The third-order valence-corrected chi connectivity index (χ3v) is 2.21. The second-order valence-electron chi connectivity index (χ2n) is 3.59. The Hall–Kier alpha value is -1.29. The van der Waals surface area contributed by atoms with Crippen molar-refractivity contribution in [2.24, 2.45) is 0 Å². The number of carbonyl (C=O) groups excluding carboxylic acids is 1. The van der Waals surface area contributed by atoms with E-state index < -0.39 is 0 Å². The Morgan fingerprint density at radius 1 is 1.60 bits per heavy atom. The molecule has 1 aromatic rings. The van der Waals surface area contributed by atoms with E-state index in [1.165, 1.54) is 7.11 Å². The van der Waals surface area contributed by atoms with Crippen LogP contribution in [0.2, 0.25) is 0 Å². The molecule has 2 atom stereocenters. The predicted octanol–water partition coefficient (Wildman–Crippen LogP) is 1.88. The van der Waals surface area contributed by atoms with Crippen molar-refractivity contribution in [1.82, 2.24) is 5.32 Å². The minimum Gasteiger partial charge on any atom is -0.469 e. The van der Waals surface area contributed by atoms with Gasteiger partial charge in [0.2, 0.25) is 0 Å². The molecular weight excluding hydrogens is 194 g/mol. The number of methoxy groups -OCH3 is 1. The number of esters is 1. The minimum absolute atomic E-state index is 0.0672. The van der Waals surface area contributed by atoms with E-state index in [4.69, 9.17) is 4.42 Å². The van der Waals surface area contributed by atoms with Crippen LogP contribution in [-0.2, 0) is 9.53 Å². The molecule has 0 aliphatic rings. The van der Waals surface area contributed by atoms with Crippen LogP contribution in [0.5, 0.6) is 0 Å². The summed E-state index contributed by atoms with van der Waals surface area (Å²) in [6.45, 7) is 3.93. The van der Waals surface area contributed by atoms with Crippen molar-refractivity contribution in [3.8, 4) is 0 Å². The molecule has 0 saturated carbocycles. The van der Waals surface area contributed by atoms with Crippen LogP contribution in [0.15, 0.2) is 22.8 Å². The normalized spacial score (nSPS) is 14.6. The molecule has 1 rings (SSSR count). The van der Waals surface area contributed by atoms with Crippen molar-refractivity contribution < 1.29 is 13.9 Å². The van der Waals surface area contributed by atoms with Gasteiger partial charge in [0.05, 0.1) is 25.8 Å². The Kier molecular flexibility index (Phi) is 4.37. The Morgan fingerprint density at radius 3 is 2.87 bits per heavy atom. The number of furan rings is 1. The van der Waals surface area contributed by atoms with Crippen LogP contribution in [0.3, 0.4) is 0 Å². The van der Waals surface area contributed by atoms with Crippen LogP contribution >= 0.6 is 0 Å². The number of carbonyl (C=O) groups is 1. The molecule has 0 aliphatic carbocycles. The first kappa shape index (κ1) is 11.8. The molecule has 15 heavy (non-hydrogen) atoms. The van der Waals surface area contributed by atoms with Crippen LogP contribution in [0.4, 0.5) is 0 Å². The first-order valence-corrected chi connectivity index (χ1v) is 4.99. The molecule has 0 bridgehead atoms. The Morgan fingerprint density at radius 2 is 2.33 bits per heavy atom. The first-order valence-electron chi connectivity index (χ1n) is 4.99. The van der Waals surface area contributed by atoms with E-state index in [0.717, 1.165) is 5.76 Å². The van der Waals surface area contributed by atoms with E-state index in [9.17, 15) is 4.79 Å². The van der Waals surface area contributed by atoms with Crippen LogP contribution in [0.1, 0.15) is 32.1 Å². The largest absolute Gasteiger partial charge is 0.469 e. The number of ether oxygens (including phenoxy) is 1. The zero-order valence-corrected chi connectivity index (χ0v) is 9.32. The maximum absolute atomic E-state index is 11.0. The number of hydrogen-bond acceptors (Lipinski definition) is 4. The summed E-state index contributed by atoms with van der Waals surface area (Å²) in [6, 6.07) is 3.92. The third kappa shape index (κ3) is 3.75. The standard InChI is InChI=1S/C11H17NO3/c1-8(7-11(13)14-3)12-9(2)10-5-4-6-15-10/h4-6,8-9,12H,7H2,1-3H3/t8?,9-/m0/s1. The van der Waals surface area contributed by atoms with Gasteiger partial charge in [-0.3, -0.25) is 4.79 Å². The number of nitrogens with one attached hydrogen (secondary N) is 1. The van der Waals surface area contributed by atoms with Crippen LogP contribution in [0.25, 0.3) is 0 Å². The maximum atomic E-state index is 11.0. The van der Waals surface area contributed by atoms with Gasteiger partial charge in [-0.25, -0.2) is 0 Å².